The molecule has 1 aliphatic heterocycles. The van der Waals surface area contributed by atoms with Crippen LogP contribution in [0.1, 0.15) is 31.9 Å². The van der Waals surface area contributed by atoms with Gasteiger partial charge in [0, 0.05) is 10.9 Å². The Morgan fingerprint density at radius 2 is 2.27 bits per heavy atom. The molecule has 0 fully saturated rings. The largest absolute Gasteiger partial charge is 0.449 e. The summed E-state index contributed by atoms with van der Waals surface area (Å²) in [5, 5.41) is 9.47. The molecule has 1 aliphatic rings. The first-order valence-electron chi connectivity index (χ1n) is 6.83. The molecule has 1 aromatic carbocycles. The highest BCUT2D eigenvalue weighted by Crippen LogP contribution is 2.37. The number of carbonyl (C=O) groups excluding carboxylic acids is 2. The number of nitrogens with zero attached hydrogens (tertiary/aromatic N) is 2. The number of nitriles is 1. The summed E-state index contributed by atoms with van der Waals surface area (Å²) in [6.07, 6.45) is -0.677. The Morgan fingerprint density at radius 1 is 1.55 bits per heavy atom. The van der Waals surface area contributed by atoms with Crippen molar-refractivity contribution in [3.8, 4) is 6.07 Å². The number of rotatable bonds is 2. The maximum atomic E-state index is 12.3. The van der Waals surface area contributed by atoms with E-state index in [0.29, 0.717) is 16.7 Å². The minimum absolute atomic E-state index is 0.0478. The molecule has 0 aromatic heterocycles. The van der Waals surface area contributed by atoms with Gasteiger partial charge in [-0.3, -0.25) is 4.79 Å². The zero-order valence-electron chi connectivity index (χ0n) is 12.3. The van der Waals surface area contributed by atoms with Crippen molar-refractivity contribution in [3.63, 3.8) is 0 Å². The van der Waals surface area contributed by atoms with Gasteiger partial charge in [0.1, 0.15) is 6.04 Å². The molecular weight excluding hydrogens is 348 g/mol. The fourth-order valence-corrected chi connectivity index (χ4v) is 2.88. The zero-order valence-corrected chi connectivity index (χ0v) is 13.9. The summed E-state index contributed by atoms with van der Waals surface area (Å²) >= 11 is 3.37. The van der Waals surface area contributed by atoms with Crippen LogP contribution in [0.5, 0.6) is 0 Å². The molecule has 0 saturated carbocycles. The number of halogens is 1. The van der Waals surface area contributed by atoms with Crippen LogP contribution < -0.4 is 0 Å². The molecule has 114 valence electrons. The Balaban J connectivity index is 2.58. The summed E-state index contributed by atoms with van der Waals surface area (Å²) in [6, 6.07) is 8.60. The lowest BCUT2D eigenvalue weighted by Crippen LogP contribution is -2.43. The molecule has 2 rings (SSSR count). The predicted octanol–water partition coefficient (Wildman–Crippen LogP) is 3.72. The van der Waals surface area contributed by atoms with Gasteiger partial charge in [-0.25, -0.2) is 9.69 Å². The van der Waals surface area contributed by atoms with E-state index in [1.54, 1.807) is 32.0 Å². The minimum Gasteiger partial charge on any atom is -0.449 e. The molecule has 5 nitrogen and oxygen atoms in total. The average molecular weight is 363 g/mol. The molecule has 1 unspecified atom stereocenters. The van der Waals surface area contributed by atoms with Crippen molar-refractivity contribution in [2.45, 2.75) is 26.3 Å². The van der Waals surface area contributed by atoms with E-state index in [2.05, 4.69) is 22.0 Å². The quantitative estimate of drug-likeness (QED) is 0.803. The van der Waals surface area contributed by atoms with E-state index in [9.17, 15) is 14.9 Å². The van der Waals surface area contributed by atoms with Crippen LogP contribution in [0.15, 0.2) is 39.9 Å². The highest BCUT2D eigenvalue weighted by Gasteiger charge is 2.39. The van der Waals surface area contributed by atoms with Crippen LogP contribution >= 0.6 is 15.9 Å². The molecule has 1 aromatic rings. The van der Waals surface area contributed by atoms with Gasteiger partial charge in [0.2, 0.25) is 5.91 Å². The number of benzene rings is 1. The first-order valence-corrected chi connectivity index (χ1v) is 7.62. The molecule has 0 saturated heterocycles. The molecule has 2 amide bonds. The number of ether oxygens (including phenoxy) is 1. The third-order valence-corrected chi connectivity index (χ3v) is 3.92. The minimum atomic E-state index is -0.747. The van der Waals surface area contributed by atoms with Crippen LogP contribution in [-0.2, 0) is 9.53 Å². The standard InChI is InChI=1S/C16H15BrN2O3/c1-3-22-16(21)19-14(20)7-10(2)13(9-18)15(19)11-5-4-6-12(17)8-11/h4-6,8,15H,3,7H2,1-2H3. The predicted molar refractivity (Wildman–Crippen MR) is 83.7 cm³/mol. The van der Waals surface area contributed by atoms with Crippen LogP contribution in [0.4, 0.5) is 4.79 Å². The zero-order chi connectivity index (χ0) is 16.3. The third kappa shape index (κ3) is 3.04. The summed E-state index contributed by atoms with van der Waals surface area (Å²) in [7, 11) is 0. The lowest BCUT2D eigenvalue weighted by molar-refractivity contribution is -0.131. The van der Waals surface area contributed by atoms with Crippen LogP contribution in [0.3, 0.4) is 0 Å². The lowest BCUT2D eigenvalue weighted by atomic mass is 9.89. The first kappa shape index (κ1) is 16.2. The Kier molecular flexibility index (Phi) is 4.99. The van der Waals surface area contributed by atoms with Gasteiger partial charge in [-0.15, -0.1) is 0 Å². The Labute approximate surface area is 137 Å². The Hall–Kier alpha value is -2.13. The smallest absolute Gasteiger partial charge is 0.417 e. The van der Waals surface area contributed by atoms with Crippen molar-refractivity contribution in [2.24, 2.45) is 0 Å². The summed E-state index contributed by atoms with van der Waals surface area (Å²) < 4.78 is 5.79. The normalized spacial score (nSPS) is 18.2. The van der Waals surface area contributed by atoms with Gasteiger partial charge in [-0.2, -0.15) is 5.26 Å². The number of amides is 2. The molecule has 0 aliphatic carbocycles. The first-order chi connectivity index (χ1) is 10.5. The van der Waals surface area contributed by atoms with Gasteiger partial charge in [0.15, 0.2) is 0 Å². The van der Waals surface area contributed by atoms with Crippen molar-refractivity contribution in [1.29, 1.82) is 5.26 Å². The topological polar surface area (TPSA) is 70.4 Å². The second-order valence-electron chi connectivity index (χ2n) is 4.90. The molecular formula is C16H15BrN2O3. The van der Waals surface area contributed by atoms with Crippen LogP contribution in [0.2, 0.25) is 0 Å². The average Bonchev–Trinajstić information content (AvgIpc) is 2.46. The maximum absolute atomic E-state index is 12.3. The van der Waals surface area contributed by atoms with E-state index in [1.165, 1.54) is 0 Å². The molecule has 0 N–H and O–H groups in total. The van der Waals surface area contributed by atoms with Crippen molar-refractivity contribution in [1.82, 2.24) is 4.90 Å². The second-order valence-corrected chi connectivity index (χ2v) is 5.82. The van der Waals surface area contributed by atoms with Crippen molar-refractivity contribution < 1.29 is 14.3 Å². The van der Waals surface area contributed by atoms with E-state index >= 15 is 0 Å². The number of imide groups is 1. The van der Waals surface area contributed by atoms with Crippen LogP contribution in [0.25, 0.3) is 0 Å². The molecule has 22 heavy (non-hydrogen) atoms. The van der Waals surface area contributed by atoms with E-state index in [0.717, 1.165) is 9.37 Å². The lowest BCUT2D eigenvalue weighted by Gasteiger charge is -2.33. The molecule has 0 radical (unpaired) electrons. The summed E-state index contributed by atoms with van der Waals surface area (Å²) in [6.45, 7) is 3.58. The van der Waals surface area contributed by atoms with Gasteiger partial charge in [0.25, 0.3) is 0 Å². The highest BCUT2D eigenvalue weighted by atomic mass is 79.9. The van der Waals surface area contributed by atoms with Crippen LogP contribution in [-0.4, -0.2) is 23.5 Å². The van der Waals surface area contributed by atoms with E-state index in [4.69, 9.17) is 4.74 Å². The number of hydrogen-bond donors (Lipinski definition) is 0. The van der Waals surface area contributed by atoms with Gasteiger partial charge in [-0.1, -0.05) is 28.1 Å². The number of carbonyl (C=O) groups is 2. The Bertz CT molecular complexity index is 691. The molecule has 1 atom stereocenters. The monoisotopic (exact) mass is 362 g/mol. The second kappa shape index (κ2) is 6.75. The molecule has 1 heterocycles. The van der Waals surface area contributed by atoms with Crippen molar-refractivity contribution in [3.05, 3.63) is 45.4 Å². The number of hydrogen-bond acceptors (Lipinski definition) is 4. The van der Waals surface area contributed by atoms with Crippen LogP contribution in [0, 0.1) is 11.3 Å². The summed E-state index contributed by atoms with van der Waals surface area (Å²) in [5.41, 5.74) is 1.77. The third-order valence-electron chi connectivity index (χ3n) is 3.43. The van der Waals surface area contributed by atoms with E-state index in [-0.39, 0.29) is 18.9 Å². The van der Waals surface area contributed by atoms with Gasteiger partial charge in [0.05, 0.1) is 18.2 Å². The maximum Gasteiger partial charge on any atom is 0.417 e. The van der Waals surface area contributed by atoms with Gasteiger partial charge < -0.3 is 4.74 Å². The highest BCUT2D eigenvalue weighted by molar-refractivity contribution is 9.10. The van der Waals surface area contributed by atoms with Gasteiger partial charge >= 0.3 is 6.09 Å². The molecule has 6 heteroatoms. The Morgan fingerprint density at radius 3 is 2.86 bits per heavy atom. The fourth-order valence-electron chi connectivity index (χ4n) is 2.46. The fraction of sp³-hybridized carbons (Fsp3) is 0.312. The van der Waals surface area contributed by atoms with Gasteiger partial charge in [-0.05, 0) is 37.1 Å². The van der Waals surface area contributed by atoms with E-state index < -0.39 is 12.1 Å². The molecule has 0 spiro atoms. The molecule has 0 bridgehead atoms. The van der Waals surface area contributed by atoms with Crippen molar-refractivity contribution in [2.75, 3.05) is 6.61 Å². The SMILES string of the molecule is CCOC(=O)N1C(=O)CC(C)=C(C#N)C1c1cccc(Br)c1. The summed E-state index contributed by atoms with van der Waals surface area (Å²) in [4.78, 5) is 25.5. The van der Waals surface area contributed by atoms with E-state index in [1.807, 2.05) is 6.07 Å². The van der Waals surface area contributed by atoms with Crippen molar-refractivity contribution >= 4 is 27.9 Å². The summed E-state index contributed by atoms with van der Waals surface area (Å²) in [5.74, 6) is -0.361.